The molecule has 3 nitrogen and oxygen atoms in total. The topological polar surface area (TPSA) is 49.7 Å². The van der Waals surface area contributed by atoms with Gasteiger partial charge in [0.1, 0.15) is 0 Å². The monoisotopic (exact) mass is 158 g/mol. The average Bonchev–Trinajstić information content (AvgIpc) is 2.31. The zero-order chi connectivity index (χ0) is 7.90. The largest absolute Gasteiger partial charge is 0.393 e. The van der Waals surface area contributed by atoms with Crippen molar-refractivity contribution in [2.75, 3.05) is 6.61 Å². The Labute approximate surface area is 66.0 Å². The molecule has 0 aromatic carbocycles. The summed E-state index contributed by atoms with van der Waals surface area (Å²) in [5, 5.41) is 19.2. The van der Waals surface area contributed by atoms with Gasteiger partial charge in [0.05, 0.1) is 17.8 Å². The van der Waals surface area contributed by atoms with Crippen LogP contribution in [0.25, 0.3) is 0 Å². The van der Waals surface area contributed by atoms with Gasteiger partial charge in [-0.3, -0.25) is 0 Å². The normalized spacial score (nSPS) is 50.7. The second-order valence-corrected chi connectivity index (χ2v) is 3.64. The van der Waals surface area contributed by atoms with Crippen molar-refractivity contribution >= 4 is 0 Å². The summed E-state index contributed by atoms with van der Waals surface area (Å²) in [4.78, 5) is 0. The van der Waals surface area contributed by atoms with E-state index < -0.39 is 5.60 Å². The SMILES string of the molecule is O[C@H]1CC[C@@]2(O)CCO[C@H]2C1. The Hall–Kier alpha value is -0.120. The molecule has 0 aromatic heterocycles. The van der Waals surface area contributed by atoms with Gasteiger partial charge in [0.25, 0.3) is 0 Å². The molecule has 2 rings (SSSR count). The standard InChI is InChI=1S/C8H14O3/c9-6-1-2-8(10)3-4-11-7(8)5-6/h6-7,9-10H,1-5H2/t6-,7-,8+/m0/s1. The number of fused-ring (bicyclic) bond motifs is 1. The van der Waals surface area contributed by atoms with Gasteiger partial charge >= 0.3 is 0 Å². The van der Waals surface area contributed by atoms with Gasteiger partial charge in [-0.1, -0.05) is 0 Å². The molecule has 0 unspecified atom stereocenters. The Morgan fingerprint density at radius 2 is 2.18 bits per heavy atom. The van der Waals surface area contributed by atoms with E-state index in [0.29, 0.717) is 19.4 Å². The Bertz CT molecular complexity index is 159. The van der Waals surface area contributed by atoms with Crippen LogP contribution in [0.5, 0.6) is 0 Å². The van der Waals surface area contributed by atoms with Gasteiger partial charge in [-0.25, -0.2) is 0 Å². The van der Waals surface area contributed by atoms with Gasteiger partial charge in [0.15, 0.2) is 0 Å². The third-order valence-corrected chi connectivity index (χ3v) is 2.85. The van der Waals surface area contributed by atoms with Gasteiger partial charge in [-0.2, -0.15) is 0 Å². The van der Waals surface area contributed by atoms with Crippen LogP contribution < -0.4 is 0 Å². The Morgan fingerprint density at radius 1 is 1.36 bits per heavy atom. The summed E-state index contributed by atoms with van der Waals surface area (Å²) in [6.45, 7) is 0.647. The van der Waals surface area contributed by atoms with Crippen LogP contribution in [0.1, 0.15) is 25.7 Å². The second-order valence-electron chi connectivity index (χ2n) is 3.64. The number of aliphatic hydroxyl groups is 2. The zero-order valence-electron chi connectivity index (χ0n) is 6.49. The number of rotatable bonds is 0. The van der Waals surface area contributed by atoms with Gasteiger partial charge < -0.3 is 14.9 Å². The lowest BCUT2D eigenvalue weighted by molar-refractivity contribution is -0.0935. The molecule has 0 bridgehead atoms. The van der Waals surface area contributed by atoms with Crippen LogP contribution in [0.3, 0.4) is 0 Å². The van der Waals surface area contributed by atoms with Crippen LogP contribution in [-0.2, 0) is 4.74 Å². The lowest BCUT2D eigenvalue weighted by atomic mass is 9.80. The fraction of sp³-hybridized carbons (Fsp3) is 1.00. The Morgan fingerprint density at radius 3 is 3.00 bits per heavy atom. The summed E-state index contributed by atoms with van der Waals surface area (Å²) in [6, 6.07) is 0. The van der Waals surface area contributed by atoms with Gasteiger partial charge in [0, 0.05) is 19.4 Å². The molecule has 2 fully saturated rings. The van der Waals surface area contributed by atoms with E-state index in [-0.39, 0.29) is 12.2 Å². The fourth-order valence-electron chi connectivity index (χ4n) is 2.05. The minimum absolute atomic E-state index is 0.105. The molecule has 1 aliphatic heterocycles. The predicted octanol–water partition coefficient (Wildman–Crippen LogP) is 0.0512. The van der Waals surface area contributed by atoms with E-state index in [1.54, 1.807) is 0 Å². The number of hydrogen-bond acceptors (Lipinski definition) is 3. The Kier molecular flexibility index (Phi) is 1.67. The molecule has 64 valence electrons. The molecular formula is C8H14O3. The molecule has 0 amide bonds. The molecule has 1 aliphatic carbocycles. The first-order chi connectivity index (χ1) is 5.21. The average molecular weight is 158 g/mol. The summed E-state index contributed by atoms with van der Waals surface area (Å²) in [5.74, 6) is 0. The van der Waals surface area contributed by atoms with E-state index in [2.05, 4.69) is 0 Å². The summed E-state index contributed by atoms with van der Waals surface area (Å²) in [6.07, 6.45) is 2.39. The van der Waals surface area contributed by atoms with Crippen LogP contribution >= 0.6 is 0 Å². The molecular weight excluding hydrogens is 144 g/mol. The van der Waals surface area contributed by atoms with Crippen LogP contribution in [0.4, 0.5) is 0 Å². The predicted molar refractivity (Wildman–Crippen MR) is 39.2 cm³/mol. The van der Waals surface area contributed by atoms with Gasteiger partial charge in [0.2, 0.25) is 0 Å². The molecule has 3 atom stereocenters. The molecule has 1 saturated heterocycles. The summed E-state index contributed by atoms with van der Waals surface area (Å²) >= 11 is 0. The number of aliphatic hydroxyl groups excluding tert-OH is 1. The third kappa shape index (κ3) is 1.17. The first kappa shape index (κ1) is 7.53. The highest BCUT2D eigenvalue weighted by atomic mass is 16.5. The zero-order valence-corrected chi connectivity index (χ0v) is 6.49. The molecule has 1 heterocycles. The van der Waals surface area contributed by atoms with Crippen LogP contribution in [0, 0.1) is 0 Å². The molecule has 11 heavy (non-hydrogen) atoms. The summed E-state index contributed by atoms with van der Waals surface area (Å²) in [7, 11) is 0. The van der Waals surface area contributed by atoms with Gasteiger partial charge in [-0.05, 0) is 12.8 Å². The first-order valence-corrected chi connectivity index (χ1v) is 4.23. The maximum atomic E-state index is 9.89. The third-order valence-electron chi connectivity index (χ3n) is 2.85. The summed E-state index contributed by atoms with van der Waals surface area (Å²) in [5.41, 5.74) is -0.612. The van der Waals surface area contributed by atoms with Crippen LogP contribution in [-0.4, -0.2) is 34.6 Å². The highest BCUT2D eigenvalue weighted by molar-refractivity contribution is 4.97. The molecule has 1 saturated carbocycles. The maximum Gasteiger partial charge on any atom is 0.0932 e. The first-order valence-electron chi connectivity index (χ1n) is 4.23. The lowest BCUT2D eigenvalue weighted by Gasteiger charge is -2.35. The lowest BCUT2D eigenvalue weighted by Crippen LogP contribution is -2.44. The minimum Gasteiger partial charge on any atom is -0.393 e. The van der Waals surface area contributed by atoms with E-state index in [4.69, 9.17) is 4.74 Å². The molecule has 2 N–H and O–H groups in total. The molecule has 3 heteroatoms. The van der Waals surface area contributed by atoms with Crippen molar-refractivity contribution < 1.29 is 14.9 Å². The van der Waals surface area contributed by atoms with Crippen molar-refractivity contribution in [3.63, 3.8) is 0 Å². The quantitative estimate of drug-likeness (QED) is 0.523. The van der Waals surface area contributed by atoms with E-state index in [9.17, 15) is 10.2 Å². The van der Waals surface area contributed by atoms with E-state index in [0.717, 1.165) is 12.8 Å². The Balaban J connectivity index is 2.08. The van der Waals surface area contributed by atoms with Crippen molar-refractivity contribution in [1.82, 2.24) is 0 Å². The number of ether oxygens (including phenoxy) is 1. The molecule has 2 aliphatic rings. The van der Waals surface area contributed by atoms with Gasteiger partial charge in [-0.15, -0.1) is 0 Å². The highest BCUT2D eigenvalue weighted by Gasteiger charge is 2.46. The van der Waals surface area contributed by atoms with E-state index in [1.165, 1.54) is 0 Å². The number of hydrogen-bond donors (Lipinski definition) is 2. The van der Waals surface area contributed by atoms with Crippen molar-refractivity contribution in [3.8, 4) is 0 Å². The summed E-state index contributed by atoms with van der Waals surface area (Å²) < 4.78 is 5.32. The highest BCUT2D eigenvalue weighted by Crippen LogP contribution is 2.37. The van der Waals surface area contributed by atoms with Crippen molar-refractivity contribution in [2.45, 2.75) is 43.5 Å². The van der Waals surface area contributed by atoms with Crippen LogP contribution in [0.2, 0.25) is 0 Å². The minimum atomic E-state index is -0.612. The van der Waals surface area contributed by atoms with Crippen molar-refractivity contribution in [1.29, 1.82) is 0 Å². The second kappa shape index (κ2) is 2.44. The molecule has 0 spiro atoms. The maximum absolute atomic E-state index is 9.89. The van der Waals surface area contributed by atoms with E-state index >= 15 is 0 Å². The van der Waals surface area contributed by atoms with E-state index in [1.807, 2.05) is 0 Å². The van der Waals surface area contributed by atoms with Crippen molar-refractivity contribution in [3.05, 3.63) is 0 Å². The van der Waals surface area contributed by atoms with Crippen LogP contribution in [0.15, 0.2) is 0 Å². The smallest absolute Gasteiger partial charge is 0.0932 e. The molecule has 0 aromatic rings. The van der Waals surface area contributed by atoms with Crippen molar-refractivity contribution in [2.24, 2.45) is 0 Å². The fourth-order valence-corrected chi connectivity index (χ4v) is 2.05. The molecule has 0 radical (unpaired) electrons.